The summed E-state index contributed by atoms with van der Waals surface area (Å²) in [4.78, 5) is 17.1. The minimum atomic E-state index is 0.147. The summed E-state index contributed by atoms with van der Waals surface area (Å²) < 4.78 is 5.40. The standard InChI is InChI=1S/C21H24N2O2/c1-25-18-9-7-16-8-10-20(19(16)15-18)22-11-13-23(14-12-22)21(24)17-5-3-2-4-6-17/h2-7,9,15,20H,8,10-14H2,1H3. The van der Waals surface area contributed by atoms with Crippen LogP contribution in [0.25, 0.3) is 0 Å². The molecular formula is C21H24N2O2. The van der Waals surface area contributed by atoms with Crippen LogP contribution >= 0.6 is 0 Å². The van der Waals surface area contributed by atoms with Gasteiger partial charge in [0.2, 0.25) is 0 Å². The van der Waals surface area contributed by atoms with Crippen LogP contribution in [0, 0.1) is 0 Å². The van der Waals surface area contributed by atoms with Crippen LogP contribution in [-0.2, 0) is 6.42 Å². The SMILES string of the molecule is COc1ccc2c(c1)C(N1CCN(C(=O)c3ccccc3)CC1)CC2. The highest BCUT2D eigenvalue weighted by Crippen LogP contribution is 2.38. The molecule has 1 aliphatic carbocycles. The normalized spacial score (nSPS) is 20.4. The Morgan fingerprint density at radius 2 is 1.80 bits per heavy atom. The third-order valence-corrected chi connectivity index (χ3v) is 5.46. The first-order valence-electron chi connectivity index (χ1n) is 9.01. The summed E-state index contributed by atoms with van der Waals surface area (Å²) in [6, 6.07) is 16.5. The highest BCUT2D eigenvalue weighted by molar-refractivity contribution is 5.94. The van der Waals surface area contributed by atoms with E-state index in [2.05, 4.69) is 23.1 Å². The lowest BCUT2D eigenvalue weighted by Gasteiger charge is -2.38. The summed E-state index contributed by atoms with van der Waals surface area (Å²) in [7, 11) is 1.72. The number of carbonyl (C=O) groups excluding carboxylic acids is 1. The summed E-state index contributed by atoms with van der Waals surface area (Å²) in [5.74, 6) is 1.08. The molecule has 0 N–H and O–H groups in total. The van der Waals surface area contributed by atoms with E-state index in [9.17, 15) is 4.79 Å². The quantitative estimate of drug-likeness (QED) is 0.863. The molecule has 2 aliphatic rings. The van der Waals surface area contributed by atoms with Crippen molar-refractivity contribution in [2.75, 3.05) is 33.3 Å². The van der Waals surface area contributed by atoms with Gasteiger partial charge in [-0.2, -0.15) is 0 Å². The van der Waals surface area contributed by atoms with Crippen LogP contribution in [-0.4, -0.2) is 49.0 Å². The number of methoxy groups -OCH3 is 1. The maximum Gasteiger partial charge on any atom is 0.253 e. The molecule has 1 aliphatic heterocycles. The molecular weight excluding hydrogens is 312 g/mol. The summed E-state index contributed by atoms with van der Waals surface area (Å²) in [6.45, 7) is 3.45. The number of piperazine rings is 1. The smallest absolute Gasteiger partial charge is 0.253 e. The Bertz CT molecular complexity index is 752. The van der Waals surface area contributed by atoms with Crippen molar-refractivity contribution in [3.8, 4) is 5.75 Å². The second-order valence-corrected chi connectivity index (χ2v) is 6.81. The van der Waals surface area contributed by atoms with E-state index in [0.717, 1.165) is 50.3 Å². The zero-order valence-corrected chi connectivity index (χ0v) is 14.6. The van der Waals surface area contributed by atoms with Gasteiger partial charge >= 0.3 is 0 Å². The Labute approximate surface area is 149 Å². The first kappa shape index (κ1) is 16.2. The lowest BCUT2D eigenvalue weighted by molar-refractivity contribution is 0.0568. The van der Waals surface area contributed by atoms with E-state index < -0.39 is 0 Å². The Hall–Kier alpha value is -2.33. The summed E-state index contributed by atoms with van der Waals surface area (Å²) >= 11 is 0. The molecule has 0 spiro atoms. The van der Waals surface area contributed by atoms with Gasteiger partial charge in [-0.25, -0.2) is 0 Å². The molecule has 0 radical (unpaired) electrons. The van der Waals surface area contributed by atoms with Crippen molar-refractivity contribution in [1.29, 1.82) is 0 Å². The van der Waals surface area contributed by atoms with Crippen LogP contribution in [0.1, 0.15) is 33.9 Å². The molecule has 0 saturated carbocycles. The van der Waals surface area contributed by atoms with Gasteiger partial charge in [0.1, 0.15) is 5.75 Å². The summed E-state index contributed by atoms with van der Waals surface area (Å²) in [5, 5.41) is 0. The second-order valence-electron chi connectivity index (χ2n) is 6.81. The van der Waals surface area contributed by atoms with E-state index >= 15 is 0 Å². The molecule has 1 fully saturated rings. The first-order chi connectivity index (χ1) is 12.3. The second kappa shape index (κ2) is 6.89. The minimum Gasteiger partial charge on any atom is -0.497 e. The van der Waals surface area contributed by atoms with Gasteiger partial charge in [-0.3, -0.25) is 9.69 Å². The number of amides is 1. The van der Waals surface area contributed by atoms with Crippen molar-refractivity contribution in [3.05, 3.63) is 65.2 Å². The average Bonchev–Trinajstić information content (AvgIpc) is 3.11. The number of hydrogen-bond acceptors (Lipinski definition) is 3. The van der Waals surface area contributed by atoms with Crippen molar-refractivity contribution in [2.45, 2.75) is 18.9 Å². The fourth-order valence-corrected chi connectivity index (χ4v) is 4.06. The van der Waals surface area contributed by atoms with E-state index in [1.165, 1.54) is 11.1 Å². The maximum atomic E-state index is 12.6. The van der Waals surface area contributed by atoms with Crippen molar-refractivity contribution in [3.63, 3.8) is 0 Å². The van der Waals surface area contributed by atoms with E-state index in [-0.39, 0.29) is 5.91 Å². The molecule has 25 heavy (non-hydrogen) atoms. The largest absolute Gasteiger partial charge is 0.497 e. The molecule has 1 atom stereocenters. The van der Waals surface area contributed by atoms with E-state index in [0.29, 0.717) is 6.04 Å². The molecule has 2 aromatic carbocycles. The molecule has 0 bridgehead atoms. The van der Waals surface area contributed by atoms with Gasteiger partial charge < -0.3 is 9.64 Å². The number of ether oxygens (including phenoxy) is 1. The van der Waals surface area contributed by atoms with Crippen molar-refractivity contribution >= 4 is 5.91 Å². The maximum absolute atomic E-state index is 12.6. The zero-order chi connectivity index (χ0) is 17.2. The van der Waals surface area contributed by atoms with Crippen LogP contribution < -0.4 is 4.74 Å². The van der Waals surface area contributed by atoms with Gasteiger partial charge in [-0.1, -0.05) is 24.3 Å². The van der Waals surface area contributed by atoms with Gasteiger partial charge in [0.15, 0.2) is 0 Å². The predicted molar refractivity (Wildman–Crippen MR) is 98.0 cm³/mol. The van der Waals surface area contributed by atoms with E-state index in [1.54, 1.807) is 7.11 Å². The Morgan fingerprint density at radius 3 is 2.52 bits per heavy atom. The molecule has 130 valence electrons. The van der Waals surface area contributed by atoms with E-state index in [1.807, 2.05) is 35.2 Å². The highest BCUT2D eigenvalue weighted by atomic mass is 16.5. The highest BCUT2D eigenvalue weighted by Gasteiger charge is 2.31. The van der Waals surface area contributed by atoms with Crippen molar-refractivity contribution in [2.24, 2.45) is 0 Å². The third-order valence-electron chi connectivity index (χ3n) is 5.46. The number of nitrogens with zero attached hydrogens (tertiary/aromatic N) is 2. The molecule has 4 rings (SSSR count). The van der Waals surface area contributed by atoms with Crippen LogP contribution in [0.5, 0.6) is 5.75 Å². The number of fused-ring (bicyclic) bond motifs is 1. The minimum absolute atomic E-state index is 0.147. The Morgan fingerprint density at radius 1 is 1.04 bits per heavy atom. The van der Waals surface area contributed by atoms with Gasteiger partial charge in [0, 0.05) is 37.8 Å². The third kappa shape index (κ3) is 3.14. The number of benzene rings is 2. The number of aryl methyl sites for hydroxylation is 1. The van der Waals surface area contributed by atoms with Gasteiger partial charge in [0.05, 0.1) is 7.11 Å². The molecule has 1 amide bonds. The van der Waals surface area contributed by atoms with Crippen LogP contribution in [0.2, 0.25) is 0 Å². The molecule has 1 saturated heterocycles. The number of rotatable bonds is 3. The molecule has 1 unspecified atom stereocenters. The topological polar surface area (TPSA) is 32.8 Å². The predicted octanol–water partition coefficient (Wildman–Crippen LogP) is 3.14. The fraction of sp³-hybridized carbons (Fsp3) is 0.381. The molecule has 2 aromatic rings. The van der Waals surface area contributed by atoms with Crippen molar-refractivity contribution in [1.82, 2.24) is 9.80 Å². The van der Waals surface area contributed by atoms with Crippen LogP contribution in [0.3, 0.4) is 0 Å². The number of carbonyl (C=O) groups is 1. The molecule has 0 aromatic heterocycles. The molecule has 4 heteroatoms. The Balaban J connectivity index is 1.43. The van der Waals surface area contributed by atoms with Crippen molar-refractivity contribution < 1.29 is 9.53 Å². The van der Waals surface area contributed by atoms with Gasteiger partial charge in [0.25, 0.3) is 5.91 Å². The molecule has 1 heterocycles. The lowest BCUT2D eigenvalue weighted by atomic mass is 10.1. The first-order valence-corrected chi connectivity index (χ1v) is 9.01. The summed E-state index contributed by atoms with van der Waals surface area (Å²) in [5.41, 5.74) is 3.63. The lowest BCUT2D eigenvalue weighted by Crippen LogP contribution is -2.49. The Kier molecular flexibility index (Phi) is 4.45. The number of hydrogen-bond donors (Lipinski definition) is 0. The summed E-state index contributed by atoms with van der Waals surface area (Å²) in [6.07, 6.45) is 2.29. The van der Waals surface area contributed by atoms with Gasteiger partial charge in [-0.05, 0) is 48.2 Å². The zero-order valence-electron chi connectivity index (χ0n) is 14.6. The van der Waals surface area contributed by atoms with Gasteiger partial charge in [-0.15, -0.1) is 0 Å². The van der Waals surface area contributed by atoms with Crippen LogP contribution in [0.4, 0.5) is 0 Å². The average molecular weight is 336 g/mol. The van der Waals surface area contributed by atoms with E-state index in [4.69, 9.17) is 4.74 Å². The monoisotopic (exact) mass is 336 g/mol. The fourth-order valence-electron chi connectivity index (χ4n) is 4.06. The van der Waals surface area contributed by atoms with Crippen LogP contribution in [0.15, 0.2) is 48.5 Å². The molecule has 4 nitrogen and oxygen atoms in total.